The molecule has 124 valence electrons. The van der Waals surface area contributed by atoms with Crippen molar-refractivity contribution in [3.05, 3.63) is 35.9 Å². The minimum Gasteiger partial charge on any atom is -0.283 e. The molecule has 0 saturated heterocycles. The lowest BCUT2D eigenvalue weighted by Crippen LogP contribution is -2.37. The fourth-order valence-electron chi connectivity index (χ4n) is 2.99. The lowest BCUT2D eigenvalue weighted by atomic mass is 9.96. The van der Waals surface area contributed by atoms with Crippen LogP contribution in [0.1, 0.15) is 11.5 Å². The van der Waals surface area contributed by atoms with Crippen molar-refractivity contribution in [2.45, 2.75) is 17.1 Å². The molecule has 1 unspecified atom stereocenters. The highest BCUT2D eigenvalue weighted by atomic mass is 35.7. The van der Waals surface area contributed by atoms with Gasteiger partial charge >= 0.3 is 6.30 Å². The van der Waals surface area contributed by atoms with E-state index in [1.54, 1.807) is 6.07 Å². The van der Waals surface area contributed by atoms with Crippen molar-refractivity contribution in [2.75, 3.05) is 17.3 Å². The number of anilines is 1. The van der Waals surface area contributed by atoms with E-state index in [0.29, 0.717) is 21.2 Å². The second-order valence-corrected chi connectivity index (χ2v) is 8.06. The molecule has 2 aromatic rings. The zero-order valence-corrected chi connectivity index (χ0v) is 13.8. The second kappa shape index (κ2) is 5.43. The van der Waals surface area contributed by atoms with Crippen LogP contribution < -0.4 is 4.90 Å². The van der Waals surface area contributed by atoms with Crippen LogP contribution in [0.4, 0.5) is 18.9 Å². The highest BCUT2D eigenvalue weighted by molar-refractivity contribution is 8.14. The normalized spacial score (nSPS) is 18.5. The first kappa shape index (κ1) is 16.7. The highest BCUT2D eigenvalue weighted by Gasteiger charge is 2.45. The van der Waals surface area contributed by atoms with Crippen LogP contribution in [0.3, 0.4) is 0 Å². The summed E-state index contributed by atoms with van der Waals surface area (Å²) in [5.74, 6) is -0.554. The molecular weight excluding hydrogens is 374 g/mol. The maximum Gasteiger partial charge on any atom is 0.484 e. The van der Waals surface area contributed by atoms with Crippen molar-refractivity contribution in [3.63, 3.8) is 0 Å². The largest absolute Gasteiger partial charge is 0.484 e. The van der Waals surface area contributed by atoms with Gasteiger partial charge in [-0.25, -0.2) is 8.42 Å². The third-order valence-corrected chi connectivity index (χ3v) is 5.65. The monoisotopic (exact) mass is 383 g/mol. The summed E-state index contributed by atoms with van der Waals surface area (Å²) in [5.41, 5.74) is 0.400. The molecule has 0 amide bonds. The van der Waals surface area contributed by atoms with Gasteiger partial charge in [0.15, 0.2) is 0 Å². The maximum atomic E-state index is 13.2. The Bertz CT molecular complexity index is 883. The first-order valence-electron chi connectivity index (χ1n) is 6.55. The van der Waals surface area contributed by atoms with Crippen LogP contribution in [0, 0.1) is 0 Å². The number of rotatable bonds is 2. The molecular formula is C14H10Cl2F3NO2S. The van der Waals surface area contributed by atoms with Crippen LogP contribution in [0.2, 0.25) is 0 Å². The molecule has 0 N–H and O–H groups in total. The molecule has 0 fully saturated rings. The SMILES string of the molecule is O=S(=O)(Cl)c1cccc2c3c(ccc12)N(C(F)(F)F)CC3CCl. The van der Waals surface area contributed by atoms with Gasteiger partial charge in [-0.05, 0) is 23.1 Å². The molecule has 0 aromatic heterocycles. The zero-order valence-electron chi connectivity index (χ0n) is 11.4. The molecule has 1 heterocycles. The fraction of sp³-hybridized carbons (Fsp3) is 0.286. The average molecular weight is 384 g/mol. The lowest BCUT2D eigenvalue weighted by Gasteiger charge is -2.22. The van der Waals surface area contributed by atoms with E-state index in [1.807, 2.05) is 0 Å². The molecule has 0 saturated carbocycles. The highest BCUT2D eigenvalue weighted by Crippen LogP contribution is 2.46. The van der Waals surface area contributed by atoms with Crippen molar-refractivity contribution in [1.29, 1.82) is 0 Å². The predicted octanol–water partition coefficient (Wildman–Crippen LogP) is 4.43. The summed E-state index contributed by atoms with van der Waals surface area (Å²) in [4.78, 5) is 0.203. The van der Waals surface area contributed by atoms with Gasteiger partial charge in [0.1, 0.15) is 0 Å². The Morgan fingerprint density at radius 2 is 1.87 bits per heavy atom. The molecule has 9 heteroatoms. The van der Waals surface area contributed by atoms with Gasteiger partial charge in [-0.1, -0.05) is 18.2 Å². The number of alkyl halides is 4. The van der Waals surface area contributed by atoms with Gasteiger partial charge < -0.3 is 0 Å². The molecule has 0 radical (unpaired) electrons. The Kier molecular flexibility index (Phi) is 3.93. The van der Waals surface area contributed by atoms with E-state index in [4.69, 9.17) is 22.3 Å². The number of nitrogens with zero attached hydrogens (tertiary/aromatic N) is 1. The van der Waals surface area contributed by atoms with Crippen LogP contribution >= 0.6 is 22.3 Å². The third-order valence-electron chi connectivity index (χ3n) is 3.90. The van der Waals surface area contributed by atoms with Crippen molar-refractivity contribution < 1.29 is 21.6 Å². The van der Waals surface area contributed by atoms with Crippen molar-refractivity contribution in [2.24, 2.45) is 0 Å². The molecule has 1 atom stereocenters. The van der Waals surface area contributed by atoms with Gasteiger partial charge in [0.05, 0.1) is 4.90 Å². The van der Waals surface area contributed by atoms with E-state index >= 15 is 0 Å². The molecule has 0 aliphatic carbocycles. The first-order chi connectivity index (χ1) is 10.6. The van der Waals surface area contributed by atoms with Gasteiger partial charge in [-0.3, -0.25) is 4.90 Å². The minimum absolute atomic E-state index is 0.000213. The van der Waals surface area contributed by atoms with Crippen LogP contribution in [0.15, 0.2) is 35.2 Å². The Balaban J connectivity index is 2.34. The lowest BCUT2D eigenvalue weighted by molar-refractivity contribution is -0.128. The van der Waals surface area contributed by atoms with E-state index in [-0.39, 0.29) is 23.0 Å². The van der Waals surface area contributed by atoms with Crippen molar-refractivity contribution >= 4 is 47.8 Å². The summed E-state index contributed by atoms with van der Waals surface area (Å²) in [5, 5.41) is 0.710. The Morgan fingerprint density at radius 3 is 2.43 bits per heavy atom. The van der Waals surface area contributed by atoms with E-state index in [9.17, 15) is 21.6 Å². The molecule has 2 aromatic carbocycles. The van der Waals surface area contributed by atoms with E-state index in [1.165, 1.54) is 24.3 Å². The second-order valence-electron chi connectivity index (χ2n) is 5.22. The fourth-order valence-corrected chi connectivity index (χ4v) is 4.33. The molecule has 3 nitrogen and oxygen atoms in total. The molecule has 23 heavy (non-hydrogen) atoms. The third kappa shape index (κ3) is 2.75. The number of hydrogen-bond donors (Lipinski definition) is 0. The Morgan fingerprint density at radius 1 is 1.17 bits per heavy atom. The minimum atomic E-state index is -4.53. The van der Waals surface area contributed by atoms with Gasteiger partial charge in [-0.15, -0.1) is 11.6 Å². The number of fused-ring (bicyclic) bond motifs is 3. The molecule has 1 aliphatic heterocycles. The number of halogens is 5. The average Bonchev–Trinajstić information content (AvgIpc) is 2.84. The Hall–Kier alpha value is -1.18. The van der Waals surface area contributed by atoms with Gasteiger partial charge in [0.2, 0.25) is 0 Å². The topological polar surface area (TPSA) is 37.4 Å². The van der Waals surface area contributed by atoms with Gasteiger partial charge in [0, 0.05) is 40.1 Å². The van der Waals surface area contributed by atoms with Crippen molar-refractivity contribution in [1.82, 2.24) is 0 Å². The summed E-state index contributed by atoms with van der Waals surface area (Å²) < 4.78 is 62.9. The summed E-state index contributed by atoms with van der Waals surface area (Å²) in [6.45, 7) is -0.292. The van der Waals surface area contributed by atoms with Crippen LogP contribution in [0.25, 0.3) is 10.8 Å². The zero-order chi connectivity index (χ0) is 17.0. The smallest absolute Gasteiger partial charge is 0.283 e. The summed E-state index contributed by atoms with van der Waals surface area (Å²) in [6, 6.07) is 6.98. The standard InChI is InChI=1S/C14H10Cl2F3NO2S/c15-6-8-7-20(14(17,18)19)11-5-4-9-10(13(8)11)2-1-3-12(9)23(16,21)22/h1-5,8H,6-7H2. The number of hydrogen-bond acceptors (Lipinski definition) is 3. The molecule has 3 rings (SSSR count). The molecule has 0 bridgehead atoms. The van der Waals surface area contributed by atoms with E-state index < -0.39 is 21.3 Å². The van der Waals surface area contributed by atoms with E-state index in [0.717, 1.165) is 0 Å². The molecule has 1 aliphatic rings. The summed E-state index contributed by atoms with van der Waals surface area (Å²) in [7, 11) is 1.41. The maximum absolute atomic E-state index is 13.2. The quantitative estimate of drug-likeness (QED) is 0.437. The number of benzene rings is 2. The van der Waals surface area contributed by atoms with Crippen LogP contribution in [-0.4, -0.2) is 27.1 Å². The molecule has 0 spiro atoms. The summed E-state index contributed by atoms with van der Waals surface area (Å²) in [6.07, 6.45) is -4.53. The predicted molar refractivity (Wildman–Crippen MR) is 83.8 cm³/mol. The van der Waals surface area contributed by atoms with Crippen LogP contribution in [0.5, 0.6) is 0 Å². The summed E-state index contributed by atoms with van der Waals surface area (Å²) >= 11 is 5.84. The Labute approximate surface area is 140 Å². The van der Waals surface area contributed by atoms with Crippen molar-refractivity contribution in [3.8, 4) is 0 Å². The first-order valence-corrected chi connectivity index (χ1v) is 9.39. The van der Waals surface area contributed by atoms with Crippen LogP contribution in [-0.2, 0) is 9.05 Å². The van der Waals surface area contributed by atoms with Gasteiger partial charge in [0.25, 0.3) is 9.05 Å². The van der Waals surface area contributed by atoms with Gasteiger partial charge in [-0.2, -0.15) is 13.2 Å². The van der Waals surface area contributed by atoms with E-state index in [2.05, 4.69) is 0 Å².